The number of nitriles is 1. The zero-order valence-electron chi connectivity index (χ0n) is 12.6. The van der Waals surface area contributed by atoms with Crippen LogP contribution in [0.4, 0.5) is 4.39 Å². The number of ether oxygens (including phenoxy) is 1. The number of esters is 1. The number of hydrogen-bond donors (Lipinski definition) is 2. The molecule has 0 saturated carbocycles. The van der Waals surface area contributed by atoms with E-state index in [1.54, 1.807) is 31.3 Å². The van der Waals surface area contributed by atoms with Crippen LogP contribution in [0.2, 0.25) is 0 Å². The molecule has 0 radical (unpaired) electrons. The number of aromatic amines is 2. The molecule has 2 N–H and O–H groups in total. The summed E-state index contributed by atoms with van der Waals surface area (Å²) in [5.74, 6) is -1.63. The third kappa shape index (κ3) is 2.34. The van der Waals surface area contributed by atoms with Crippen LogP contribution in [0.5, 0.6) is 0 Å². The fourth-order valence-corrected chi connectivity index (χ4v) is 2.50. The van der Waals surface area contributed by atoms with Crippen molar-refractivity contribution in [3.05, 3.63) is 57.6 Å². The molecule has 0 aliphatic heterocycles. The minimum atomic E-state index is -0.838. The van der Waals surface area contributed by atoms with E-state index < -0.39 is 17.2 Å². The molecule has 24 heavy (non-hydrogen) atoms. The maximum Gasteiger partial charge on any atom is 0.344 e. The van der Waals surface area contributed by atoms with E-state index in [1.165, 1.54) is 12.1 Å². The standard InChI is InChI=1S/C17H12FN3O3/c1-2-24-17(23)12-15(11-4-3-7-20-11)21-14-10(16(12)22)6-5-9(8-19)13(14)18/h3-7,20H,2H2,1H3,(H,21,22). The van der Waals surface area contributed by atoms with Crippen LogP contribution < -0.4 is 5.43 Å². The maximum atomic E-state index is 14.4. The zero-order chi connectivity index (χ0) is 17.3. The Labute approximate surface area is 135 Å². The molecule has 0 fully saturated rings. The van der Waals surface area contributed by atoms with Crippen molar-refractivity contribution in [2.45, 2.75) is 6.92 Å². The van der Waals surface area contributed by atoms with Crippen LogP contribution in [0.1, 0.15) is 22.8 Å². The van der Waals surface area contributed by atoms with Crippen LogP contribution in [-0.4, -0.2) is 22.5 Å². The number of pyridine rings is 1. The van der Waals surface area contributed by atoms with Crippen LogP contribution in [0.15, 0.2) is 35.3 Å². The van der Waals surface area contributed by atoms with Gasteiger partial charge in [-0.25, -0.2) is 9.18 Å². The van der Waals surface area contributed by atoms with Gasteiger partial charge in [-0.15, -0.1) is 0 Å². The monoisotopic (exact) mass is 325 g/mol. The van der Waals surface area contributed by atoms with Crippen molar-refractivity contribution in [2.24, 2.45) is 0 Å². The van der Waals surface area contributed by atoms with Crippen LogP contribution in [0.25, 0.3) is 22.3 Å². The summed E-state index contributed by atoms with van der Waals surface area (Å²) in [7, 11) is 0. The minimum absolute atomic E-state index is 0.0233. The molecule has 1 aromatic carbocycles. The highest BCUT2D eigenvalue weighted by Crippen LogP contribution is 2.24. The average molecular weight is 325 g/mol. The van der Waals surface area contributed by atoms with Gasteiger partial charge in [0.05, 0.1) is 29.1 Å². The topological polar surface area (TPSA) is 98.7 Å². The maximum absolute atomic E-state index is 14.4. The van der Waals surface area contributed by atoms with E-state index in [1.807, 2.05) is 0 Å². The summed E-state index contributed by atoms with van der Waals surface area (Å²) in [5.41, 5.74) is -0.647. The van der Waals surface area contributed by atoms with Gasteiger partial charge in [-0.05, 0) is 31.2 Å². The first-order valence-electron chi connectivity index (χ1n) is 7.18. The number of fused-ring (bicyclic) bond motifs is 1. The van der Waals surface area contributed by atoms with Gasteiger partial charge in [-0.1, -0.05) is 0 Å². The van der Waals surface area contributed by atoms with E-state index >= 15 is 0 Å². The molecule has 0 amide bonds. The molecule has 0 spiro atoms. The van der Waals surface area contributed by atoms with E-state index in [-0.39, 0.29) is 34.3 Å². The highest BCUT2D eigenvalue weighted by atomic mass is 19.1. The van der Waals surface area contributed by atoms with E-state index in [0.717, 1.165) is 0 Å². The van der Waals surface area contributed by atoms with Crippen molar-refractivity contribution in [3.8, 4) is 17.5 Å². The summed E-state index contributed by atoms with van der Waals surface area (Å²) in [6.07, 6.45) is 1.61. The number of carbonyl (C=O) groups excluding carboxylic acids is 1. The molecule has 3 rings (SSSR count). The lowest BCUT2D eigenvalue weighted by Crippen LogP contribution is -2.21. The van der Waals surface area contributed by atoms with Gasteiger partial charge in [0.15, 0.2) is 5.82 Å². The lowest BCUT2D eigenvalue weighted by atomic mass is 10.0. The second kappa shape index (κ2) is 6.01. The molecule has 7 heteroatoms. The van der Waals surface area contributed by atoms with Gasteiger partial charge in [0.2, 0.25) is 5.43 Å². The lowest BCUT2D eigenvalue weighted by Gasteiger charge is -2.10. The van der Waals surface area contributed by atoms with Crippen LogP contribution in [0, 0.1) is 17.1 Å². The first-order chi connectivity index (χ1) is 11.6. The number of nitrogens with zero attached hydrogens (tertiary/aromatic N) is 1. The SMILES string of the molecule is CCOC(=O)c1c(-c2ccc[nH]2)[nH]c2c(F)c(C#N)ccc2c1=O. The number of H-pyrrole nitrogens is 2. The van der Waals surface area contributed by atoms with Gasteiger partial charge in [0, 0.05) is 11.6 Å². The Morgan fingerprint density at radius 2 is 2.17 bits per heavy atom. The Hall–Kier alpha value is -3.40. The predicted molar refractivity (Wildman–Crippen MR) is 85.0 cm³/mol. The summed E-state index contributed by atoms with van der Waals surface area (Å²) in [6, 6.07) is 7.55. The summed E-state index contributed by atoms with van der Waals surface area (Å²) in [6.45, 7) is 1.72. The van der Waals surface area contributed by atoms with Crippen LogP contribution in [-0.2, 0) is 4.74 Å². The van der Waals surface area contributed by atoms with Gasteiger partial charge in [0.1, 0.15) is 11.6 Å². The largest absolute Gasteiger partial charge is 0.462 e. The summed E-state index contributed by atoms with van der Waals surface area (Å²) >= 11 is 0. The van der Waals surface area contributed by atoms with Gasteiger partial charge >= 0.3 is 5.97 Å². The predicted octanol–water partition coefficient (Wildman–Crippen LogP) is 2.71. The molecular weight excluding hydrogens is 313 g/mol. The molecule has 120 valence electrons. The molecule has 2 aromatic heterocycles. The van der Waals surface area contributed by atoms with Crippen molar-refractivity contribution < 1.29 is 13.9 Å². The summed E-state index contributed by atoms with van der Waals surface area (Å²) < 4.78 is 19.4. The second-order valence-corrected chi connectivity index (χ2v) is 4.97. The zero-order valence-corrected chi connectivity index (χ0v) is 12.6. The van der Waals surface area contributed by atoms with E-state index in [0.29, 0.717) is 5.69 Å². The number of aromatic nitrogens is 2. The van der Waals surface area contributed by atoms with Crippen molar-refractivity contribution in [1.82, 2.24) is 9.97 Å². The molecule has 0 aliphatic carbocycles. The van der Waals surface area contributed by atoms with Crippen molar-refractivity contribution >= 4 is 16.9 Å². The molecule has 0 atom stereocenters. The number of benzene rings is 1. The molecule has 0 bridgehead atoms. The molecule has 6 nitrogen and oxygen atoms in total. The third-order valence-corrected chi connectivity index (χ3v) is 3.58. The minimum Gasteiger partial charge on any atom is -0.462 e. The van der Waals surface area contributed by atoms with Crippen LogP contribution >= 0.6 is 0 Å². The molecule has 0 aliphatic rings. The third-order valence-electron chi connectivity index (χ3n) is 3.58. The highest BCUT2D eigenvalue weighted by Gasteiger charge is 2.23. The number of nitrogens with one attached hydrogen (secondary N) is 2. The van der Waals surface area contributed by atoms with Crippen molar-refractivity contribution in [2.75, 3.05) is 6.61 Å². The molecular formula is C17H12FN3O3. The molecule has 0 saturated heterocycles. The Morgan fingerprint density at radius 1 is 1.38 bits per heavy atom. The van der Waals surface area contributed by atoms with E-state index in [4.69, 9.17) is 10.00 Å². The average Bonchev–Trinajstić information content (AvgIpc) is 3.10. The summed E-state index contributed by atoms with van der Waals surface area (Å²) in [4.78, 5) is 30.6. The Kier molecular flexibility index (Phi) is 3.88. The Morgan fingerprint density at radius 3 is 2.79 bits per heavy atom. The number of rotatable bonds is 3. The first-order valence-corrected chi connectivity index (χ1v) is 7.18. The smallest absolute Gasteiger partial charge is 0.344 e. The van der Waals surface area contributed by atoms with Crippen LogP contribution in [0.3, 0.4) is 0 Å². The lowest BCUT2D eigenvalue weighted by molar-refractivity contribution is 0.0525. The Balaban J connectivity index is 2.43. The number of carbonyl (C=O) groups is 1. The first kappa shape index (κ1) is 15.5. The quantitative estimate of drug-likeness (QED) is 0.723. The summed E-state index contributed by atoms with van der Waals surface area (Å²) in [5, 5.41) is 8.93. The van der Waals surface area contributed by atoms with E-state index in [2.05, 4.69) is 9.97 Å². The Bertz CT molecular complexity index is 1030. The molecule has 0 unspecified atom stereocenters. The van der Waals surface area contributed by atoms with Gasteiger partial charge in [-0.3, -0.25) is 4.79 Å². The van der Waals surface area contributed by atoms with Crippen molar-refractivity contribution in [3.63, 3.8) is 0 Å². The van der Waals surface area contributed by atoms with Gasteiger partial charge in [-0.2, -0.15) is 5.26 Å². The molecule has 2 heterocycles. The fraction of sp³-hybridized carbons (Fsp3) is 0.118. The van der Waals surface area contributed by atoms with Crippen molar-refractivity contribution in [1.29, 1.82) is 5.26 Å². The number of halogens is 1. The fourth-order valence-electron chi connectivity index (χ4n) is 2.50. The van der Waals surface area contributed by atoms with Gasteiger partial charge < -0.3 is 14.7 Å². The van der Waals surface area contributed by atoms with Gasteiger partial charge in [0.25, 0.3) is 0 Å². The second-order valence-electron chi connectivity index (χ2n) is 4.97. The normalized spacial score (nSPS) is 10.5. The molecule has 3 aromatic rings. The number of hydrogen-bond acceptors (Lipinski definition) is 4. The van der Waals surface area contributed by atoms with E-state index in [9.17, 15) is 14.0 Å². The highest BCUT2D eigenvalue weighted by molar-refractivity contribution is 6.00.